The molecule has 1 N–H and O–H groups in total. The van der Waals surface area contributed by atoms with Crippen LogP contribution in [0.5, 0.6) is 0 Å². The van der Waals surface area contributed by atoms with E-state index in [0.29, 0.717) is 15.7 Å². The van der Waals surface area contributed by atoms with Crippen LogP contribution in [-0.4, -0.2) is 29.2 Å². The minimum atomic E-state index is -0.163. The summed E-state index contributed by atoms with van der Waals surface area (Å²) in [5.74, 6) is 0.810. The van der Waals surface area contributed by atoms with Crippen LogP contribution in [0.3, 0.4) is 0 Å². The standard InChI is InChI=1S/C29H23Cl2N3O/c1-34(2)29-26(18-7-4-3-5-8-18)27(31)23-16-19(11-12-25(23)33-29)22-13-14-32-28(24(22)17-35)20-9-6-10-21(30)15-20/h3-16,35H,17H2,1-2H3. The van der Waals surface area contributed by atoms with Crippen LogP contribution in [-0.2, 0) is 6.61 Å². The minimum absolute atomic E-state index is 0.163. The van der Waals surface area contributed by atoms with Gasteiger partial charge in [-0.1, -0.05) is 71.7 Å². The van der Waals surface area contributed by atoms with Crippen LogP contribution in [0.15, 0.2) is 85.1 Å². The number of pyridine rings is 2. The first-order valence-electron chi connectivity index (χ1n) is 11.2. The molecule has 5 aromatic rings. The molecular weight excluding hydrogens is 477 g/mol. The van der Waals surface area contributed by atoms with Gasteiger partial charge in [-0.15, -0.1) is 0 Å². The molecule has 0 aliphatic rings. The van der Waals surface area contributed by atoms with E-state index in [4.69, 9.17) is 28.2 Å². The van der Waals surface area contributed by atoms with Crippen LogP contribution < -0.4 is 4.90 Å². The monoisotopic (exact) mass is 499 g/mol. The second-order valence-electron chi connectivity index (χ2n) is 8.47. The van der Waals surface area contributed by atoms with E-state index in [-0.39, 0.29) is 6.61 Å². The number of fused-ring (bicyclic) bond motifs is 1. The maximum absolute atomic E-state index is 10.3. The molecule has 0 bridgehead atoms. The lowest BCUT2D eigenvalue weighted by Gasteiger charge is -2.20. The topological polar surface area (TPSA) is 49.2 Å². The zero-order valence-electron chi connectivity index (χ0n) is 19.3. The number of aliphatic hydroxyl groups is 1. The fraction of sp³-hybridized carbons (Fsp3) is 0.103. The Bertz CT molecular complexity index is 1530. The Hall–Kier alpha value is -3.44. The first kappa shape index (κ1) is 23.3. The lowest BCUT2D eigenvalue weighted by Crippen LogP contribution is -2.12. The number of halogens is 2. The first-order valence-corrected chi connectivity index (χ1v) is 11.9. The molecule has 0 saturated carbocycles. The largest absolute Gasteiger partial charge is 0.392 e. The molecule has 0 spiro atoms. The van der Waals surface area contributed by atoms with Gasteiger partial charge in [0.2, 0.25) is 0 Å². The van der Waals surface area contributed by atoms with Gasteiger partial charge in [0.1, 0.15) is 5.82 Å². The second-order valence-corrected chi connectivity index (χ2v) is 9.29. The lowest BCUT2D eigenvalue weighted by atomic mass is 9.95. The predicted molar refractivity (Wildman–Crippen MR) is 146 cm³/mol. The van der Waals surface area contributed by atoms with Crippen LogP contribution in [0.4, 0.5) is 5.82 Å². The molecule has 35 heavy (non-hydrogen) atoms. The number of aromatic nitrogens is 2. The lowest BCUT2D eigenvalue weighted by molar-refractivity contribution is 0.282. The van der Waals surface area contributed by atoms with Gasteiger partial charge in [0.05, 0.1) is 22.8 Å². The average Bonchev–Trinajstić information content (AvgIpc) is 2.88. The Morgan fingerprint density at radius 2 is 1.60 bits per heavy atom. The van der Waals surface area contributed by atoms with Crippen LogP contribution in [0.25, 0.3) is 44.4 Å². The number of rotatable bonds is 5. The minimum Gasteiger partial charge on any atom is -0.392 e. The van der Waals surface area contributed by atoms with Crippen molar-refractivity contribution in [2.75, 3.05) is 19.0 Å². The molecule has 0 aliphatic carbocycles. The highest BCUT2D eigenvalue weighted by Crippen LogP contribution is 2.41. The Morgan fingerprint density at radius 3 is 2.31 bits per heavy atom. The van der Waals surface area contributed by atoms with Crippen LogP contribution in [0.1, 0.15) is 5.56 Å². The molecule has 0 fully saturated rings. The summed E-state index contributed by atoms with van der Waals surface area (Å²) < 4.78 is 0. The Balaban J connectivity index is 1.73. The highest BCUT2D eigenvalue weighted by molar-refractivity contribution is 6.39. The van der Waals surface area contributed by atoms with E-state index in [1.54, 1.807) is 6.20 Å². The fourth-order valence-electron chi connectivity index (χ4n) is 4.37. The summed E-state index contributed by atoms with van der Waals surface area (Å²) in [5, 5.41) is 12.4. The summed E-state index contributed by atoms with van der Waals surface area (Å²) in [5.41, 5.74) is 6.78. The van der Waals surface area contributed by atoms with Gasteiger partial charge in [-0.05, 0) is 47.0 Å². The van der Waals surface area contributed by atoms with Gasteiger partial charge >= 0.3 is 0 Å². The molecule has 174 valence electrons. The molecule has 0 atom stereocenters. The van der Waals surface area contributed by atoms with Crippen molar-refractivity contribution in [1.82, 2.24) is 9.97 Å². The third-order valence-electron chi connectivity index (χ3n) is 6.01. The van der Waals surface area contributed by atoms with Crippen LogP contribution in [0.2, 0.25) is 10.0 Å². The molecular formula is C29H23Cl2N3O. The summed E-state index contributed by atoms with van der Waals surface area (Å²) in [6, 6.07) is 25.4. The van der Waals surface area contributed by atoms with Crippen molar-refractivity contribution in [3.05, 3.63) is 101 Å². The molecule has 0 saturated heterocycles. The summed E-state index contributed by atoms with van der Waals surface area (Å²) in [6.07, 6.45) is 1.75. The van der Waals surface area contributed by atoms with Gasteiger partial charge in [-0.3, -0.25) is 4.98 Å². The Morgan fingerprint density at radius 1 is 0.829 bits per heavy atom. The zero-order valence-corrected chi connectivity index (χ0v) is 20.8. The van der Waals surface area contributed by atoms with Crippen LogP contribution in [0, 0.1) is 0 Å². The molecule has 3 aromatic carbocycles. The van der Waals surface area contributed by atoms with Gasteiger partial charge in [0, 0.05) is 47.4 Å². The molecule has 0 amide bonds. The van der Waals surface area contributed by atoms with Gasteiger partial charge in [-0.25, -0.2) is 4.98 Å². The normalized spacial score (nSPS) is 11.1. The van der Waals surface area contributed by atoms with Crippen LogP contribution >= 0.6 is 23.2 Å². The third-order valence-corrected chi connectivity index (χ3v) is 6.64. The van der Waals surface area contributed by atoms with E-state index in [1.807, 2.05) is 97.9 Å². The SMILES string of the molecule is CN(C)c1nc2ccc(-c3ccnc(-c4cccc(Cl)c4)c3CO)cc2c(Cl)c1-c1ccccc1. The van der Waals surface area contributed by atoms with Crippen molar-refractivity contribution in [3.8, 4) is 33.5 Å². The highest BCUT2D eigenvalue weighted by Gasteiger charge is 2.19. The number of nitrogens with zero attached hydrogens (tertiary/aromatic N) is 3. The summed E-state index contributed by atoms with van der Waals surface area (Å²) >= 11 is 13.3. The molecule has 0 aliphatic heterocycles. The molecule has 2 aromatic heterocycles. The van der Waals surface area contributed by atoms with E-state index < -0.39 is 0 Å². The first-order chi connectivity index (χ1) is 17.0. The van der Waals surface area contributed by atoms with Crippen molar-refractivity contribution in [3.63, 3.8) is 0 Å². The van der Waals surface area contributed by atoms with E-state index in [9.17, 15) is 5.11 Å². The maximum atomic E-state index is 10.3. The molecule has 6 heteroatoms. The molecule has 2 heterocycles. The summed E-state index contributed by atoms with van der Waals surface area (Å²) in [7, 11) is 3.93. The van der Waals surface area contributed by atoms with Crippen molar-refractivity contribution < 1.29 is 5.11 Å². The summed E-state index contributed by atoms with van der Waals surface area (Å²) in [6.45, 7) is -0.163. The average molecular weight is 500 g/mol. The van der Waals surface area contributed by atoms with E-state index in [1.165, 1.54) is 0 Å². The second kappa shape index (κ2) is 9.67. The molecule has 0 radical (unpaired) electrons. The third kappa shape index (κ3) is 4.37. The number of benzene rings is 3. The van der Waals surface area contributed by atoms with E-state index >= 15 is 0 Å². The van der Waals surface area contributed by atoms with Crippen molar-refractivity contribution in [2.45, 2.75) is 6.61 Å². The predicted octanol–water partition coefficient (Wildman–Crippen LogP) is 7.50. The summed E-state index contributed by atoms with van der Waals surface area (Å²) in [4.78, 5) is 11.5. The van der Waals surface area contributed by atoms with Crippen molar-refractivity contribution in [2.24, 2.45) is 0 Å². The fourth-order valence-corrected chi connectivity index (χ4v) is 4.91. The molecule has 5 rings (SSSR count). The quantitative estimate of drug-likeness (QED) is 0.272. The Labute approximate surface area is 214 Å². The van der Waals surface area contributed by atoms with E-state index in [0.717, 1.165) is 50.1 Å². The van der Waals surface area contributed by atoms with Gasteiger partial charge in [0.15, 0.2) is 0 Å². The number of hydrogen-bond acceptors (Lipinski definition) is 4. The van der Waals surface area contributed by atoms with Crippen molar-refractivity contribution in [1.29, 1.82) is 0 Å². The molecule has 0 unspecified atom stereocenters. The molecule has 4 nitrogen and oxygen atoms in total. The van der Waals surface area contributed by atoms with Gasteiger partial charge < -0.3 is 10.0 Å². The van der Waals surface area contributed by atoms with E-state index in [2.05, 4.69) is 4.98 Å². The van der Waals surface area contributed by atoms with Gasteiger partial charge in [0.25, 0.3) is 0 Å². The number of anilines is 1. The number of aliphatic hydroxyl groups excluding tert-OH is 1. The zero-order chi connectivity index (χ0) is 24.5. The van der Waals surface area contributed by atoms with Crippen molar-refractivity contribution >= 4 is 39.9 Å². The smallest absolute Gasteiger partial charge is 0.138 e. The van der Waals surface area contributed by atoms with Gasteiger partial charge in [-0.2, -0.15) is 0 Å². The highest BCUT2D eigenvalue weighted by atomic mass is 35.5. The maximum Gasteiger partial charge on any atom is 0.138 e. The number of hydrogen-bond donors (Lipinski definition) is 1. The Kier molecular flexibility index (Phi) is 6.44.